The number of thioether (sulfide) groups is 1. The Hall–Kier alpha value is -2.93. The third kappa shape index (κ3) is 3.83. The number of rotatable bonds is 5. The Morgan fingerprint density at radius 2 is 1.88 bits per heavy atom. The number of aryl methyl sites for hydroxylation is 2. The summed E-state index contributed by atoms with van der Waals surface area (Å²) in [5, 5.41) is 17.7. The number of aromatic nitrogens is 3. The van der Waals surface area contributed by atoms with E-state index in [4.69, 9.17) is 0 Å². The predicted molar refractivity (Wildman–Crippen MR) is 101 cm³/mol. The van der Waals surface area contributed by atoms with Crippen LogP contribution in [0.1, 0.15) is 27.0 Å². The number of nitrogens with zero attached hydrogens (tertiary/aromatic N) is 2. The lowest BCUT2D eigenvalue weighted by molar-refractivity contribution is 0.0696. The van der Waals surface area contributed by atoms with Crippen molar-refractivity contribution in [2.24, 2.45) is 0 Å². The van der Waals surface area contributed by atoms with E-state index in [0.29, 0.717) is 16.5 Å². The molecule has 3 aromatic rings. The number of aromatic carboxylic acids is 1. The zero-order valence-electron chi connectivity index (χ0n) is 14.3. The number of H-pyrrole nitrogens is 1. The van der Waals surface area contributed by atoms with Gasteiger partial charge in [0.1, 0.15) is 0 Å². The van der Waals surface area contributed by atoms with E-state index in [9.17, 15) is 14.7 Å². The van der Waals surface area contributed by atoms with Crippen LogP contribution >= 0.6 is 11.8 Å². The molecular formula is C19H17N3O3S. The van der Waals surface area contributed by atoms with Gasteiger partial charge in [-0.25, -0.2) is 4.79 Å². The van der Waals surface area contributed by atoms with E-state index in [2.05, 4.69) is 15.2 Å². The van der Waals surface area contributed by atoms with Gasteiger partial charge in [-0.1, -0.05) is 42.1 Å². The average Bonchev–Trinajstić information content (AvgIpc) is 2.62. The molecule has 6 nitrogen and oxygen atoms in total. The molecule has 26 heavy (non-hydrogen) atoms. The summed E-state index contributed by atoms with van der Waals surface area (Å²) >= 11 is 1.24. The first-order chi connectivity index (χ1) is 12.5. The van der Waals surface area contributed by atoms with Crippen LogP contribution < -0.4 is 5.56 Å². The molecule has 0 saturated carbocycles. The van der Waals surface area contributed by atoms with E-state index in [1.807, 2.05) is 32.0 Å². The van der Waals surface area contributed by atoms with Crippen molar-refractivity contribution >= 4 is 17.7 Å². The second-order valence-corrected chi connectivity index (χ2v) is 6.82. The van der Waals surface area contributed by atoms with Crippen LogP contribution in [0.15, 0.2) is 52.4 Å². The molecule has 2 aromatic carbocycles. The molecule has 7 heteroatoms. The number of carboxylic acids is 1. The molecule has 3 rings (SSSR count). The summed E-state index contributed by atoms with van der Waals surface area (Å²) < 4.78 is 0. The topological polar surface area (TPSA) is 95.9 Å². The number of hydrogen-bond acceptors (Lipinski definition) is 5. The molecular weight excluding hydrogens is 350 g/mol. The third-order valence-corrected chi connectivity index (χ3v) is 4.98. The van der Waals surface area contributed by atoms with Crippen molar-refractivity contribution in [3.63, 3.8) is 0 Å². The maximum absolute atomic E-state index is 12.4. The van der Waals surface area contributed by atoms with Crippen molar-refractivity contribution in [1.29, 1.82) is 0 Å². The van der Waals surface area contributed by atoms with E-state index in [0.717, 1.165) is 16.7 Å². The van der Waals surface area contributed by atoms with E-state index in [1.165, 1.54) is 11.8 Å². The van der Waals surface area contributed by atoms with Gasteiger partial charge in [0, 0.05) is 11.3 Å². The Bertz CT molecular complexity index is 1030. The van der Waals surface area contributed by atoms with Crippen LogP contribution in [0.4, 0.5) is 0 Å². The van der Waals surface area contributed by atoms with E-state index in [1.54, 1.807) is 24.3 Å². The minimum atomic E-state index is -0.981. The molecule has 132 valence electrons. The second kappa shape index (κ2) is 7.53. The summed E-state index contributed by atoms with van der Waals surface area (Å²) in [5.74, 6) is -0.610. The maximum Gasteiger partial charge on any atom is 0.335 e. The Balaban J connectivity index is 1.81. The van der Waals surface area contributed by atoms with Crippen molar-refractivity contribution in [3.8, 4) is 11.3 Å². The number of benzene rings is 2. The summed E-state index contributed by atoms with van der Waals surface area (Å²) in [5.41, 5.74) is 3.78. The molecule has 0 amide bonds. The zero-order valence-corrected chi connectivity index (χ0v) is 15.1. The predicted octanol–water partition coefficient (Wildman–Crippen LogP) is 3.44. The SMILES string of the molecule is Cc1ccc(-c2nnc(SCc3ccccc3C(=O)O)[nH]c2=O)cc1C. The van der Waals surface area contributed by atoms with Gasteiger partial charge in [0.2, 0.25) is 0 Å². The molecule has 0 aliphatic heterocycles. The summed E-state index contributed by atoms with van der Waals surface area (Å²) in [6.07, 6.45) is 0. The Morgan fingerprint density at radius 1 is 1.12 bits per heavy atom. The lowest BCUT2D eigenvalue weighted by atomic mass is 10.0. The normalized spacial score (nSPS) is 10.7. The molecule has 0 saturated heterocycles. The van der Waals surface area contributed by atoms with Crippen LogP contribution in [0, 0.1) is 13.8 Å². The molecule has 0 bridgehead atoms. The van der Waals surface area contributed by atoms with Crippen molar-refractivity contribution in [2.45, 2.75) is 24.8 Å². The molecule has 2 N–H and O–H groups in total. The van der Waals surface area contributed by atoms with Gasteiger partial charge in [-0.3, -0.25) is 9.78 Å². The molecule has 1 heterocycles. The largest absolute Gasteiger partial charge is 0.478 e. The third-order valence-electron chi connectivity index (χ3n) is 4.07. The van der Waals surface area contributed by atoms with Gasteiger partial charge in [0.25, 0.3) is 5.56 Å². The first-order valence-electron chi connectivity index (χ1n) is 7.94. The van der Waals surface area contributed by atoms with Crippen molar-refractivity contribution < 1.29 is 9.90 Å². The van der Waals surface area contributed by atoms with Crippen LogP contribution in [-0.4, -0.2) is 26.3 Å². The van der Waals surface area contributed by atoms with Crippen LogP contribution in [0.2, 0.25) is 0 Å². The summed E-state index contributed by atoms with van der Waals surface area (Å²) in [6, 6.07) is 12.4. The highest BCUT2D eigenvalue weighted by Crippen LogP contribution is 2.22. The Kier molecular flexibility index (Phi) is 5.18. The molecule has 0 radical (unpaired) electrons. The fourth-order valence-electron chi connectivity index (χ4n) is 2.47. The summed E-state index contributed by atoms with van der Waals surface area (Å²) in [7, 11) is 0. The van der Waals surface area contributed by atoms with Crippen LogP contribution in [-0.2, 0) is 5.75 Å². The number of carboxylic acid groups (broad SMARTS) is 1. The fraction of sp³-hybridized carbons (Fsp3) is 0.158. The highest BCUT2D eigenvalue weighted by atomic mass is 32.2. The molecule has 1 aromatic heterocycles. The molecule has 0 unspecified atom stereocenters. The van der Waals surface area contributed by atoms with Crippen LogP contribution in [0.25, 0.3) is 11.3 Å². The van der Waals surface area contributed by atoms with Gasteiger partial charge in [0.15, 0.2) is 10.9 Å². The second-order valence-electron chi connectivity index (χ2n) is 5.86. The highest BCUT2D eigenvalue weighted by molar-refractivity contribution is 7.98. The average molecular weight is 367 g/mol. The minimum absolute atomic E-state index is 0.238. The molecule has 0 aliphatic carbocycles. The van der Waals surface area contributed by atoms with Gasteiger partial charge < -0.3 is 5.11 Å². The molecule has 0 atom stereocenters. The summed E-state index contributed by atoms with van der Waals surface area (Å²) in [4.78, 5) is 26.3. The maximum atomic E-state index is 12.4. The first kappa shape index (κ1) is 17.9. The Labute approximate surface area is 154 Å². The fourth-order valence-corrected chi connectivity index (χ4v) is 3.27. The summed E-state index contributed by atoms with van der Waals surface area (Å²) in [6.45, 7) is 3.98. The van der Waals surface area contributed by atoms with Gasteiger partial charge in [-0.15, -0.1) is 10.2 Å². The van der Waals surface area contributed by atoms with Crippen molar-refractivity contribution in [1.82, 2.24) is 15.2 Å². The van der Waals surface area contributed by atoms with E-state index < -0.39 is 5.97 Å². The molecule has 0 spiro atoms. The lowest BCUT2D eigenvalue weighted by Crippen LogP contribution is -2.14. The monoisotopic (exact) mass is 367 g/mol. The van der Waals surface area contributed by atoms with Crippen LogP contribution in [0.3, 0.4) is 0 Å². The van der Waals surface area contributed by atoms with E-state index in [-0.39, 0.29) is 16.8 Å². The number of aromatic amines is 1. The van der Waals surface area contributed by atoms with Crippen molar-refractivity contribution in [3.05, 3.63) is 75.1 Å². The Morgan fingerprint density at radius 3 is 2.58 bits per heavy atom. The number of carbonyl (C=O) groups is 1. The lowest BCUT2D eigenvalue weighted by Gasteiger charge is -2.06. The standard InChI is InChI=1S/C19H17N3O3S/c1-11-7-8-13(9-12(11)2)16-17(23)20-19(22-21-16)26-10-14-5-3-4-6-15(14)18(24)25/h3-9H,10H2,1-2H3,(H,24,25)(H,20,22,23). The number of hydrogen-bond donors (Lipinski definition) is 2. The van der Waals surface area contributed by atoms with Gasteiger partial charge in [0.05, 0.1) is 5.56 Å². The molecule has 0 aliphatic rings. The first-order valence-corrected chi connectivity index (χ1v) is 8.93. The smallest absolute Gasteiger partial charge is 0.335 e. The van der Waals surface area contributed by atoms with E-state index >= 15 is 0 Å². The molecule has 0 fully saturated rings. The minimum Gasteiger partial charge on any atom is -0.478 e. The zero-order chi connectivity index (χ0) is 18.7. The highest BCUT2D eigenvalue weighted by Gasteiger charge is 2.12. The van der Waals surface area contributed by atoms with Gasteiger partial charge >= 0.3 is 5.97 Å². The van der Waals surface area contributed by atoms with Crippen molar-refractivity contribution in [2.75, 3.05) is 0 Å². The van der Waals surface area contributed by atoms with Crippen LogP contribution in [0.5, 0.6) is 0 Å². The number of nitrogens with one attached hydrogen (secondary N) is 1. The van der Waals surface area contributed by atoms with Gasteiger partial charge in [-0.05, 0) is 42.7 Å². The van der Waals surface area contributed by atoms with Gasteiger partial charge in [-0.2, -0.15) is 0 Å². The quantitative estimate of drug-likeness (QED) is 0.671.